The average Bonchev–Trinajstić information content (AvgIpc) is 2.29. The van der Waals surface area contributed by atoms with Crippen LogP contribution < -0.4 is 10.6 Å². The third-order valence-electron chi connectivity index (χ3n) is 2.88. The van der Waals surface area contributed by atoms with Crippen LogP contribution in [0.4, 0.5) is 0 Å². The zero-order valence-electron chi connectivity index (χ0n) is 7.47. The number of fused-ring (bicyclic) bond motifs is 2. The SMILES string of the molecule is CC(=O)N[C@H]1C[C@H]2CC[C@@H](C1)N2. The molecule has 0 spiro atoms. The molecular weight excluding hydrogens is 152 g/mol. The highest BCUT2D eigenvalue weighted by molar-refractivity contribution is 5.73. The minimum atomic E-state index is 0.112. The van der Waals surface area contributed by atoms with Crippen LogP contribution in [0, 0.1) is 0 Å². The minimum Gasteiger partial charge on any atom is -0.353 e. The van der Waals surface area contributed by atoms with Gasteiger partial charge in [0, 0.05) is 25.0 Å². The Morgan fingerprint density at radius 2 is 1.92 bits per heavy atom. The monoisotopic (exact) mass is 168 g/mol. The summed E-state index contributed by atoms with van der Waals surface area (Å²) in [6.45, 7) is 1.60. The molecule has 68 valence electrons. The molecule has 2 rings (SSSR count). The molecule has 0 unspecified atom stereocenters. The fourth-order valence-corrected chi connectivity index (χ4v) is 2.46. The lowest BCUT2D eigenvalue weighted by Gasteiger charge is -2.29. The number of amides is 1. The summed E-state index contributed by atoms with van der Waals surface area (Å²) in [4.78, 5) is 10.8. The molecule has 2 fully saturated rings. The maximum absolute atomic E-state index is 10.8. The maximum Gasteiger partial charge on any atom is 0.217 e. The number of nitrogens with one attached hydrogen (secondary N) is 2. The predicted molar refractivity (Wildman–Crippen MR) is 46.8 cm³/mol. The van der Waals surface area contributed by atoms with E-state index in [9.17, 15) is 4.79 Å². The fraction of sp³-hybridized carbons (Fsp3) is 0.889. The van der Waals surface area contributed by atoms with Gasteiger partial charge in [-0.2, -0.15) is 0 Å². The van der Waals surface area contributed by atoms with Crippen LogP contribution in [0.1, 0.15) is 32.6 Å². The topological polar surface area (TPSA) is 41.1 Å². The van der Waals surface area contributed by atoms with Crippen LogP contribution in [0.3, 0.4) is 0 Å². The van der Waals surface area contributed by atoms with Gasteiger partial charge in [0.25, 0.3) is 0 Å². The van der Waals surface area contributed by atoms with E-state index < -0.39 is 0 Å². The molecule has 0 radical (unpaired) electrons. The van der Waals surface area contributed by atoms with Crippen molar-refractivity contribution in [3.8, 4) is 0 Å². The van der Waals surface area contributed by atoms with E-state index in [1.165, 1.54) is 12.8 Å². The van der Waals surface area contributed by atoms with Gasteiger partial charge in [-0.1, -0.05) is 0 Å². The number of carbonyl (C=O) groups is 1. The number of rotatable bonds is 1. The molecule has 3 nitrogen and oxygen atoms in total. The molecule has 0 aliphatic carbocycles. The Bertz CT molecular complexity index is 181. The molecule has 0 aromatic rings. The molecule has 0 aromatic heterocycles. The number of piperidine rings is 1. The molecule has 2 saturated heterocycles. The first kappa shape index (κ1) is 8.05. The second-order valence-electron chi connectivity index (χ2n) is 4.01. The highest BCUT2D eigenvalue weighted by Gasteiger charge is 2.33. The Kier molecular flexibility index (Phi) is 2.05. The normalized spacial score (nSPS) is 39.6. The summed E-state index contributed by atoms with van der Waals surface area (Å²) >= 11 is 0. The predicted octanol–water partition coefficient (Wildman–Crippen LogP) is 0.406. The number of carbonyl (C=O) groups excluding carboxylic acids is 1. The highest BCUT2D eigenvalue weighted by Crippen LogP contribution is 2.26. The quantitative estimate of drug-likeness (QED) is 0.595. The first-order chi connectivity index (χ1) is 5.74. The molecule has 2 aliphatic rings. The second kappa shape index (κ2) is 3.05. The van der Waals surface area contributed by atoms with Crippen molar-refractivity contribution >= 4 is 5.91 Å². The van der Waals surface area contributed by atoms with E-state index in [1.54, 1.807) is 6.92 Å². The van der Waals surface area contributed by atoms with Crippen LogP contribution in [0.15, 0.2) is 0 Å². The van der Waals surface area contributed by atoms with Crippen LogP contribution in [-0.4, -0.2) is 24.0 Å². The summed E-state index contributed by atoms with van der Waals surface area (Å²) < 4.78 is 0. The largest absolute Gasteiger partial charge is 0.353 e. The molecule has 0 saturated carbocycles. The van der Waals surface area contributed by atoms with E-state index >= 15 is 0 Å². The van der Waals surface area contributed by atoms with Gasteiger partial charge in [0.2, 0.25) is 5.91 Å². The van der Waals surface area contributed by atoms with Crippen molar-refractivity contribution in [3.63, 3.8) is 0 Å². The molecule has 2 N–H and O–H groups in total. The van der Waals surface area contributed by atoms with Crippen LogP contribution in [0.5, 0.6) is 0 Å². The highest BCUT2D eigenvalue weighted by atomic mass is 16.1. The molecule has 3 atom stereocenters. The summed E-state index contributed by atoms with van der Waals surface area (Å²) in [7, 11) is 0. The molecule has 0 aromatic carbocycles. The molecule has 2 bridgehead atoms. The van der Waals surface area contributed by atoms with Crippen LogP contribution in [-0.2, 0) is 4.79 Å². The molecule has 1 amide bonds. The summed E-state index contributed by atoms with van der Waals surface area (Å²) in [6, 6.07) is 1.77. The average molecular weight is 168 g/mol. The van der Waals surface area contributed by atoms with Gasteiger partial charge in [0.1, 0.15) is 0 Å². The maximum atomic E-state index is 10.8. The van der Waals surface area contributed by atoms with Crippen molar-refractivity contribution in [2.45, 2.75) is 50.7 Å². The Labute approximate surface area is 72.9 Å². The Morgan fingerprint density at radius 3 is 2.42 bits per heavy atom. The van der Waals surface area contributed by atoms with Gasteiger partial charge in [0.05, 0.1) is 0 Å². The summed E-state index contributed by atoms with van der Waals surface area (Å²) in [5.74, 6) is 0.112. The van der Waals surface area contributed by atoms with Crippen LogP contribution >= 0.6 is 0 Å². The smallest absolute Gasteiger partial charge is 0.217 e. The van der Waals surface area contributed by atoms with Crippen molar-refractivity contribution in [2.75, 3.05) is 0 Å². The lowest BCUT2D eigenvalue weighted by molar-refractivity contribution is -0.119. The lowest BCUT2D eigenvalue weighted by atomic mass is 10.00. The molecule has 3 heteroatoms. The van der Waals surface area contributed by atoms with Crippen molar-refractivity contribution < 1.29 is 4.79 Å². The van der Waals surface area contributed by atoms with Crippen LogP contribution in [0.2, 0.25) is 0 Å². The van der Waals surface area contributed by atoms with Gasteiger partial charge in [-0.05, 0) is 25.7 Å². The third-order valence-corrected chi connectivity index (χ3v) is 2.88. The van der Waals surface area contributed by atoms with Gasteiger partial charge in [-0.15, -0.1) is 0 Å². The summed E-state index contributed by atoms with van der Waals surface area (Å²) in [6.07, 6.45) is 4.83. The Hall–Kier alpha value is -0.570. The van der Waals surface area contributed by atoms with E-state index in [-0.39, 0.29) is 5.91 Å². The third kappa shape index (κ3) is 1.61. The van der Waals surface area contributed by atoms with Gasteiger partial charge in [0.15, 0.2) is 0 Å². The zero-order valence-corrected chi connectivity index (χ0v) is 7.47. The van der Waals surface area contributed by atoms with E-state index in [4.69, 9.17) is 0 Å². The van der Waals surface area contributed by atoms with Crippen molar-refractivity contribution in [1.82, 2.24) is 10.6 Å². The molecular formula is C9H16N2O. The van der Waals surface area contributed by atoms with Gasteiger partial charge >= 0.3 is 0 Å². The summed E-state index contributed by atoms with van der Waals surface area (Å²) in [5, 5.41) is 6.55. The standard InChI is InChI=1S/C9H16N2O/c1-6(12)10-9-4-7-2-3-8(5-9)11-7/h7-9,11H,2-5H2,1H3,(H,10,12)/t7-,8+,9+. The van der Waals surface area contributed by atoms with E-state index in [1.807, 2.05) is 0 Å². The van der Waals surface area contributed by atoms with E-state index in [0.29, 0.717) is 18.1 Å². The zero-order chi connectivity index (χ0) is 8.55. The first-order valence-electron chi connectivity index (χ1n) is 4.77. The molecule has 12 heavy (non-hydrogen) atoms. The lowest BCUT2D eigenvalue weighted by Crippen LogP contribution is -2.47. The minimum absolute atomic E-state index is 0.112. The Balaban J connectivity index is 1.89. The van der Waals surface area contributed by atoms with Crippen molar-refractivity contribution in [2.24, 2.45) is 0 Å². The van der Waals surface area contributed by atoms with Gasteiger partial charge in [-0.25, -0.2) is 0 Å². The van der Waals surface area contributed by atoms with Crippen LogP contribution in [0.25, 0.3) is 0 Å². The number of hydrogen-bond donors (Lipinski definition) is 2. The molecule has 2 aliphatic heterocycles. The first-order valence-corrected chi connectivity index (χ1v) is 4.77. The van der Waals surface area contributed by atoms with E-state index in [0.717, 1.165) is 12.8 Å². The summed E-state index contributed by atoms with van der Waals surface area (Å²) in [5.41, 5.74) is 0. The van der Waals surface area contributed by atoms with Crippen molar-refractivity contribution in [3.05, 3.63) is 0 Å². The Morgan fingerprint density at radius 1 is 1.33 bits per heavy atom. The van der Waals surface area contributed by atoms with E-state index in [2.05, 4.69) is 10.6 Å². The van der Waals surface area contributed by atoms with Crippen molar-refractivity contribution in [1.29, 1.82) is 0 Å². The van der Waals surface area contributed by atoms with Gasteiger partial charge in [-0.3, -0.25) is 4.79 Å². The molecule has 2 heterocycles. The fourth-order valence-electron chi connectivity index (χ4n) is 2.46. The number of hydrogen-bond acceptors (Lipinski definition) is 2. The van der Waals surface area contributed by atoms with Gasteiger partial charge < -0.3 is 10.6 Å². The second-order valence-corrected chi connectivity index (χ2v) is 4.01.